The van der Waals surface area contributed by atoms with Gasteiger partial charge in [0.15, 0.2) is 5.78 Å². The number of benzene rings is 1. The second-order valence-corrected chi connectivity index (χ2v) is 6.69. The fourth-order valence-corrected chi connectivity index (χ4v) is 2.52. The number of Topliss-reactive ketones (excluding diaryl/α,β-unsaturated/α-hetero) is 1. The normalized spacial score (nSPS) is 13.3. The number of hydrogen-bond donors (Lipinski definition) is 0. The van der Waals surface area contributed by atoms with Gasteiger partial charge < -0.3 is 4.74 Å². The zero-order valence-electron chi connectivity index (χ0n) is 11.4. The Balaban J connectivity index is 2.74. The van der Waals surface area contributed by atoms with Gasteiger partial charge in [-0.1, -0.05) is 32.9 Å². The van der Waals surface area contributed by atoms with Gasteiger partial charge in [-0.2, -0.15) is 0 Å². The van der Waals surface area contributed by atoms with E-state index in [4.69, 9.17) is 4.74 Å². The third-order valence-corrected chi connectivity index (χ3v) is 3.96. The van der Waals surface area contributed by atoms with Crippen LogP contribution in [0.5, 0.6) is 0 Å². The van der Waals surface area contributed by atoms with Crippen LogP contribution < -0.4 is 0 Å². The van der Waals surface area contributed by atoms with Gasteiger partial charge in [-0.3, -0.25) is 9.00 Å². The van der Waals surface area contributed by atoms with Gasteiger partial charge >= 0.3 is 0 Å². The molecule has 0 aliphatic heterocycles. The zero-order valence-corrected chi connectivity index (χ0v) is 12.2. The van der Waals surface area contributed by atoms with Crippen LogP contribution in [0.25, 0.3) is 0 Å². The summed E-state index contributed by atoms with van der Waals surface area (Å²) in [7, 11) is 0.178. The largest absolute Gasteiger partial charge is 0.377 e. The molecule has 0 amide bonds. The van der Waals surface area contributed by atoms with E-state index in [2.05, 4.69) is 20.8 Å². The summed E-state index contributed by atoms with van der Waals surface area (Å²) in [6.45, 7) is 6.40. The van der Waals surface area contributed by atoms with Gasteiger partial charge in [-0.05, 0) is 23.1 Å². The molecule has 4 heteroatoms. The van der Waals surface area contributed by atoms with Crippen LogP contribution in [0.1, 0.15) is 26.3 Å². The van der Waals surface area contributed by atoms with Crippen LogP contribution in [0.2, 0.25) is 0 Å². The highest BCUT2D eigenvalue weighted by molar-refractivity contribution is 7.85. The molecule has 1 unspecified atom stereocenters. The van der Waals surface area contributed by atoms with E-state index in [-0.39, 0.29) is 23.6 Å². The van der Waals surface area contributed by atoms with Crippen molar-refractivity contribution in [3.63, 3.8) is 0 Å². The van der Waals surface area contributed by atoms with Crippen molar-refractivity contribution < 1.29 is 13.7 Å². The molecule has 18 heavy (non-hydrogen) atoms. The van der Waals surface area contributed by atoms with Crippen LogP contribution >= 0.6 is 0 Å². The van der Waals surface area contributed by atoms with Gasteiger partial charge in [-0.25, -0.2) is 0 Å². The maximum absolute atomic E-state index is 11.9. The average molecular weight is 268 g/mol. The molecule has 3 nitrogen and oxygen atoms in total. The van der Waals surface area contributed by atoms with Gasteiger partial charge in [0.05, 0.1) is 16.6 Å². The lowest BCUT2D eigenvalue weighted by atomic mass is 9.87. The summed E-state index contributed by atoms with van der Waals surface area (Å²) in [6, 6.07) is 7.59. The topological polar surface area (TPSA) is 43.4 Å². The van der Waals surface area contributed by atoms with Crippen LogP contribution in [0.3, 0.4) is 0 Å². The van der Waals surface area contributed by atoms with Crippen molar-refractivity contribution >= 4 is 16.6 Å². The molecule has 0 bridgehead atoms. The zero-order chi connectivity index (χ0) is 13.8. The molecular formula is C14H20O3S. The van der Waals surface area contributed by atoms with Gasteiger partial charge in [0, 0.05) is 12.0 Å². The van der Waals surface area contributed by atoms with E-state index in [1.54, 1.807) is 0 Å². The molecule has 0 radical (unpaired) electrons. The summed E-state index contributed by atoms with van der Waals surface area (Å²) in [4.78, 5) is 12.0. The van der Waals surface area contributed by atoms with Crippen LogP contribution in [0.15, 0.2) is 29.2 Å². The highest BCUT2D eigenvalue weighted by Crippen LogP contribution is 2.22. The molecule has 1 aromatic rings. The first-order chi connectivity index (χ1) is 8.34. The predicted octanol–water partition coefficient (Wildman–Crippen LogP) is 2.31. The Morgan fingerprint density at radius 1 is 1.22 bits per heavy atom. The Kier molecular flexibility index (Phi) is 5.23. The lowest BCUT2D eigenvalue weighted by Gasteiger charge is -2.18. The SMILES string of the molecule is COCC(=O)CS(=O)c1ccc(C(C)(C)C)cc1. The van der Waals surface area contributed by atoms with Crippen molar-refractivity contribution in [1.82, 2.24) is 0 Å². The first-order valence-corrected chi connectivity index (χ1v) is 7.16. The van der Waals surface area contributed by atoms with Gasteiger partial charge in [-0.15, -0.1) is 0 Å². The second-order valence-electron chi connectivity index (χ2n) is 5.24. The fraction of sp³-hybridized carbons (Fsp3) is 0.500. The minimum absolute atomic E-state index is 0.0166. The summed E-state index contributed by atoms with van der Waals surface area (Å²) in [5.74, 6) is -0.126. The number of carbonyl (C=O) groups is 1. The molecule has 0 heterocycles. The number of carbonyl (C=O) groups excluding carboxylic acids is 1. The summed E-state index contributed by atoms with van der Waals surface area (Å²) in [5, 5.41) is 0. The highest BCUT2D eigenvalue weighted by Gasteiger charge is 2.15. The quantitative estimate of drug-likeness (QED) is 0.823. The van der Waals surface area contributed by atoms with E-state index < -0.39 is 10.8 Å². The summed E-state index contributed by atoms with van der Waals surface area (Å²) < 4.78 is 16.6. The molecule has 0 aromatic heterocycles. The molecule has 0 saturated heterocycles. The summed E-state index contributed by atoms with van der Waals surface area (Å²) >= 11 is 0. The molecule has 0 saturated carbocycles. The van der Waals surface area contributed by atoms with E-state index in [9.17, 15) is 9.00 Å². The van der Waals surface area contributed by atoms with Crippen LogP contribution in [-0.2, 0) is 25.7 Å². The maximum Gasteiger partial charge on any atom is 0.171 e. The number of methoxy groups -OCH3 is 1. The number of ether oxygens (including phenoxy) is 1. The molecule has 0 aliphatic rings. The van der Waals surface area contributed by atoms with Gasteiger partial charge in [0.2, 0.25) is 0 Å². The molecule has 1 atom stereocenters. The van der Waals surface area contributed by atoms with Gasteiger partial charge in [0.25, 0.3) is 0 Å². The van der Waals surface area contributed by atoms with E-state index in [1.807, 2.05) is 24.3 Å². The Labute approximate surface area is 111 Å². The highest BCUT2D eigenvalue weighted by atomic mass is 32.2. The molecule has 0 spiro atoms. The Bertz CT molecular complexity index is 429. The third-order valence-electron chi connectivity index (χ3n) is 2.58. The summed E-state index contributed by atoms with van der Waals surface area (Å²) in [5.41, 5.74) is 1.26. The van der Waals surface area contributed by atoms with Crippen molar-refractivity contribution in [3.8, 4) is 0 Å². The van der Waals surface area contributed by atoms with Crippen molar-refractivity contribution in [2.75, 3.05) is 19.5 Å². The van der Waals surface area contributed by atoms with Gasteiger partial charge in [0.1, 0.15) is 6.61 Å². The van der Waals surface area contributed by atoms with Crippen LogP contribution in [-0.4, -0.2) is 29.5 Å². The van der Waals surface area contributed by atoms with E-state index >= 15 is 0 Å². The van der Waals surface area contributed by atoms with Crippen LogP contribution in [0, 0.1) is 0 Å². The second kappa shape index (κ2) is 6.25. The predicted molar refractivity (Wildman–Crippen MR) is 73.3 cm³/mol. The van der Waals surface area contributed by atoms with E-state index in [0.29, 0.717) is 4.90 Å². The van der Waals surface area contributed by atoms with Crippen molar-refractivity contribution in [2.24, 2.45) is 0 Å². The lowest BCUT2D eigenvalue weighted by Crippen LogP contribution is -2.16. The Hall–Kier alpha value is -1.00. The fourth-order valence-electron chi connectivity index (χ4n) is 1.54. The van der Waals surface area contributed by atoms with Crippen molar-refractivity contribution in [2.45, 2.75) is 31.1 Å². The molecule has 100 valence electrons. The number of ketones is 1. The minimum atomic E-state index is -1.28. The van der Waals surface area contributed by atoms with Crippen LogP contribution in [0.4, 0.5) is 0 Å². The molecule has 1 rings (SSSR count). The first kappa shape index (κ1) is 15.1. The molecule has 0 fully saturated rings. The molecule has 0 N–H and O–H groups in total. The number of hydrogen-bond acceptors (Lipinski definition) is 3. The minimum Gasteiger partial charge on any atom is -0.377 e. The maximum atomic E-state index is 11.9. The molecule has 0 aliphatic carbocycles. The number of rotatable bonds is 5. The standard InChI is InChI=1S/C14H20O3S/c1-14(2,3)11-5-7-13(8-6-11)18(16)10-12(15)9-17-4/h5-8H,9-10H2,1-4H3. The van der Waals surface area contributed by atoms with Crippen molar-refractivity contribution in [1.29, 1.82) is 0 Å². The molecular weight excluding hydrogens is 248 g/mol. The van der Waals surface area contributed by atoms with E-state index in [1.165, 1.54) is 12.7 Å². The van der Waals surface area contributed by atoms with E-state index in [0.717, 1.165) is 0 Å². The average Bonchev–Trinajstić information content (AvgIpc) is 2.28. The molecule has 1 aromatic carbocycles. The Morgan fingerprint density at radius 3 is 2.22 bits per heavy atom. The monoisotopic (exact) mass is 268 g/mol. The van der Waals surface area contributed by atoms with Crippen molar-refractivity contribution in [3.05, 3.63) is 29.8 Å². The lowest BCUT2D eigenvalue weighted by molar-refractivity contribution is -0.120. The third kappa shape index (κ3) is 4.35. The Morgan fingerprint density at radius 2 is 1.78 bits per heavy atom. The first-order valence-electron chi connectivity index (χ1n) is 5.84. The smallest absolute Gasteiger partial charge is 0.171 e. The summed E-state index contributed by atoms with van der Waals surface area (Å²) in [6.07, 6.45) is 0.